The minimum atomic E-state index is 0.0646. The molecule has 1 aromatic heterocycles. The molecule has 0 fully saturated rings. The number of fused-ring (bicyclic) bond motifs is 1. The van der Waals surface area contributed by atoms with Crippen molar-refractivity contribution in [2.75, 3.05) is 0 Å². The standard InChI is InChI=1S/C11H10BrNO/c1-2-7-5-8(12)6-9-10(14)3-4-13-11(7)9/h3-6H,2H2,1H3,(H,13,14). The van der Waals surface area contributed by atoms with Gasteiger partial charge >= 0.3 is 0 Å². The molecule has 0 unspecified atom stereocenters. The molecule has 0 atom stereocenters. The molecular weight excluding hydrogens is 242 g/mol. The Labute approximate surface area is 90.1 Å². The van der Waals surface area contributed by atoms with Gasteiger partial charge in [-0.3, -0.25) is 4.79 Å². The van der Waals surface area contributed by atoms with Crippen LogP contribution in [-0.2, 0) is 6.42 Å². The number of hydrogen-bond acceptors (Lipinski definition) is 1. The fourth-order valence-electron chi connectivity index (χ4n) is 1.60. The molecule has 1 N–H and O–H groups in total. The monoisotopic (exact) mass is 251 g/mol. The van der Waals surface area contributed by atoms with Crippen LogP contribution in [0.3, 0.4) is 0 Å². The maximum Gasteiger partial charge on any atom is 0.189 e. The highest BCUT2D eigenvalue weighted by Crippen LogP contribution is 2.20. The number of pyridine rings is 1. The van der Waals surface area contributed by atoms with Crippen molar-refractivity contribution >= 4 is 26.8 Å². The lowest BCUT2D eigenvalue weighted by Crippen LogP contribution is -2.01. The van der Waals surface area contributed by atoms with Gasteiger partial charge in [-0.15, -0.1) is 0 Å². The van der Waals surface area contributed by atoms with Crippen molar-refractivity contribution in [2.24, 2.45) is 0 Å². The molecule has 1 aromatic carbocycles. The SMILES string of the molecule is CCc1cc(Br)cc2c(=O)cc[nH]c12. The Bertz CT molecular complexity index is 530. The number of H-pyrrole nitrogens is 1. The van der Waals surface area contributed by atoms with E-state index in [1.54, 1.807) is 12.3 Å². The van der Waals surface area contributed by atoms with Gasteiger partial charge in [0.2, 0.25) is 0 Å². The lowest BCUT2D eigenvalue weighted by atomic mass is 10.1. The Kier molecular flexibility index (Phi) is 2.42. The molecule has 0 aliphatic rings. The number of aromatic nitrogens is 1. The first-order valence-electron chi connectivity index (χ1n) is 4.52. The molecule has 1 heterocycles. The van der Waals surface area contributed by atoms with Crippen molar-refractivity contribution in [3.8, 4) is 0 Å². The Morgan fingerprint density at radius 1 is 1.43 bits per heavy atom. The van der Waals surface area contributed by atoms with Crippen LogP contribution in [-0.4, -0.2) is 4.98 Å². The Hall–Kier alpha value is -1.09. The largest absolute Gasteiger partial charge is 0.361 e. The molecule has 72 valence electrons. The number of nitrogens with one attached hydrogen (secondary N) is 1. The van der Waals surface area contributed by atoms with Gasteiger partial charge in [-0.05, 0) is 24.1 Å². The summed E-state index contributed by atoms with van der Waals surface area (Å²) in [5, 5.41) is 0.749. The van der Waals surface area contributed by atoms with Crippen molar-refractivity contribution in [1.82, 2.24) is 4.98 Å². The van der Waals surface area contributed by atoms with E-state index in [9.17, 15) is 4.79 Å². The van der Waals surface area contributed by atoms with Crippen LogP contribution in [0.4, 0.5) is 0 Å². The number of halogens is 1. The zero-order valence-corrected chi connectivity index (χ0v) is 9.39. The molecule has 14 heavy (non-hydrogen) atoms. The highest BCUT2D eigenvalue weighted by molar-refractivity contribution is 9.10. The maximum absolute atomic E-state index is 11.6. The van der Waals surface area contributed by atoms with Gasteiger partial charge in [-0.2, -0.15) is 0 Å². The van der Waals surface area contributed by atoms with Crippen LogP contribution >= 0.6 is 15.9 Å². The molecule has 2 rings (SSSR count). The van der Waals surface area contributed by atoms with Crippen LogP contribution < -0.4 is 5.43 Å². The molecule has 0 spiro atoms. The van der Waals surface area contributed by atoms with Gasteiger partial charge in [0.25, 0.3) is 0 Å². The van der Waals surface area contributed by atoms with Crippen LogP contribution in [0, 0.1) is 0 Å². The first-order chi connectivity index (χ1) is 6.72. The quantitative estimate of drug-likeness (QED) is 0.831. The van der Waals surface area contributed by atoms with Crippen molar-refractivity contribution in [3.05, 3.63) is 44.7 Å². The molecule has 0 radical (unpaired) electrons. The lowest BCUT2D eigenvalue weighted by Gasteiger charge is -2.04. The van der Waals surface area contributed by atoms with Gasteiger partial charge in [0.15, 0.2) is 5.43 Å². The molecule has 0 amide bonds. The number of aromatic amines is 1. The summed E-state index contributed by atoms with van der Waals surface area (Å²) >= 11 is 3.41. The van der Waals surface area contributed by atoms with E-state index in [0.717, 1.165) is 27.4 Å². The van der Waals surface area contributed by atoms with Crippen LogP contribution in [0.5, 0.6) is 0 Å². The summed E-state index contributed by atoms with van der Waals surface area (Å²) in [7, 11) is 0. The third-order valence-corrected chi connectivity index (χ3v) is 2.75. The van der Waals surface area contributed by atoms with Crippen molar-refractivity contribution < 1.29 is 0 Å². The topological polar surface area (TPSA) is 32.9 Å². The first-order valence-corrected chi connectivity index (χ1v) is 5.31. The number of rotatable bonds is 1. The number of benzene rings is 1. The van der Waals surface area contributed by atoms with Crippen LogP contribution in [0.1, 0.15) is 12.5 Å². The fourth-order valence-corrected chi connectivity index (χ4v) is 2.10. The van der Waals surface area contributed by atoms with Gasteiger partial charge in [0.05, 0.1) is 5.52 Å². The second-order valence-corrected chi connectivity index (χ2v) is 4.10. The predicted molar refractivity (Wildman–Crippen MR) is 61.6 cm³/mol. The zero-order valence-electron chi connectivity index (χ0n) is 7.80. The number of aryl methyl sites for hydroxylation is 1. The van der Waals surface area contributed by atoms with Gasteiger partial charge in [-0.25, -0.2) is 0 Å². The summed E-state index contributed by atoms with van der Waals surface area (Å²) in [5.41, 5.74) is 2.17. The van der Waals surface area contributed by atoms with E-state index in [1.165, 1.54) is 0 Å². The molecule has 0 saturated heterocycles. The van der Waals surface area contributed by atoms with E-state index < -0.39 is 0 Å². The highest BCUT2D eigenvalue weighted by Gasteiger charge is 2.03. The fraction of sp³-hybridized carbons (Fsp3) is 0.182. The van der Waals surface area contributed by atoms with Crippen LogP contribution in [0.2, 0.25) is 0 Å². The van der Waals surface area contributed by atoms with Crippen molar-refractivity contribution in [2.45, 2.75) is 13.3 Å². The second-order valence-electron chi connectivity index (χ2n) is 3.18. The van der Waals surface area contributed by atoms with Gasteiger partial charge in [0, 0.05) is 22.1 Å². The van der Waals surface area contributed by atoms with Crippen molar-refractivity contribution in [3.63, 3.8) is 0 Å². The predicted octanol–water partition coefficient (Wildman–Crippen LogP) is 2.85. The third kappa shape index (κ3) is 1.48. The average molecular weight is 252 g/mol. The summed E-state index contributed by atoms with van der Waals surface area (Å²) in [5.74, 6) is 0. The molecule has 2 aromatic rings. The maximum atomic E-state index is 11.6. The van der Waals surface area contributed by atoms with E-state index in [-0.39, 0.29) is 5.43 Å². The smallest absolute Gasteiger partial charge is 0.189 e. The molecule has 2 nitrogen and oxygen atoms in total. The van der Waals surface area contributed by atoms with Gasteiger partial charge < -0.3 is 4.98 Å². The Morgan fingerprint density at radius 2 is 2.21 bits per heavy atom. The Balaban J connectivity index is 2.95. The van der Waals surface area contributed by atoms with Crippen molar-refractivity contribution in [1.29, 1.82) is 0 Å². The second kappa shape index (κ2) is 3.58. The molecule has 0 saturated carbocycles. The third-order valence-electron chi connectivity index (χ3n) is 2.29. The van der Waals surface area contributed by atoms with Gasteiger partial charge in [0.1, 0.15) is 0 Å². The van der Waals surface area contributed by atoms with E-state index in [2.05, 4.69) is 27.8 Å². The Morgan fingerprint density at radius 3 is 2.93 bits per heavy atom. The molecule has 0 aliphatic carbocycles. The minimum Gasteiger partial charge on any atom is -0.361 e. The van der Waals surface area contributed by atoms with Crippen LogP contribution in [0.25, 0.3) is 10.9 Å². The molecular formula is C11H10BrNO. The number of hydrogen-bond donors (Lipinski definition) is 1. The molecule has 0 aliphatic heterocycles. The van der Waals surface area contributed by atoms with E-state index in [1.807, 2.05) is 12.1 Å². The summed E-state index contributed by atoms with van der Waals surface area (Å²) in [4.78, 5) is 14.7. The average Bonchev–Trinajstić information content (AvgIpc) is 2.18. The zero-order chi connectivity index (χ0) is 10.1. The van der Waals surface area contributed by atoms with Crippen LogP contribution in [0.15, 0.2) is 33.7 Å². The summed E-state index contributed by atoms with van der Waals surface area (Å²) in [6.07, 6.45) is 2.60. The minimum absolute atomic E-state index is 0.0646. The summed E-state index contributed by atoms with van der Waals surface area (Å²) in [6, 6.07) is 5.44. The normalized spacial score (nSPS) is 10.7. The highest BCUT2D eigenvalue weighted by atomic mass is 79.9. The first kappa shape index (κ1) is 9.46. The summed E-state index contributed by atoms with van der Waals surface area (Å²) in [6.45, 7) is 2.08. The van der Waals surface area contributed by atoms with E-state index in [0.29, 0.717) is 0 Å². The molecule has 0 bridgehead atoms. The summed E-state index contributed by atoms with van der Waals surface area (Å²) < 4.78 is 0.957. The molecule has 3 heteroatoms. The van der Waals surface area contributed by atoms with Gasteiger partial charge in [-0.1, -0.05) is 22.9 Å². The van der Waals surface area contributed by atoms with E-state index in [4.69, 9.17) is 0 Å². The van der Waals surface area contributed by atoms with E-state index >= 15 is 0 Å². The lowest BCUT2D eigenvalue weighted by molar-refractivity contribution is 1.14.